The minimum Gasteiger partial charge on any atom is -0.103 e. The Balaban J connectivity index is 3.69. The zero-order chi connectivity index (χ0) is 8.91. The van der Waals surface area contributed by atoms with E-state index in [1.165, 1.54) is 0 Å². The first-order chi connectivity index (χ1) is 4.95. The van der Waals surface area contributed by atoms with Crippen molar-refractivity contribution in [3.8, 4) is 0 Å². The Hall–Kier alpha value is -0.520. The largest absolute Gasteiger partial charge is 0.103 e. The van der Waals surface area contributed by atoms with Crippen LogP contribution in [0.3, 0.4) is 0 Å². The van der Waals surface area contributed by atoms with Crippen molar-refractivity contribution in [3.05, 3.63) is 24.8 Å². The van der Waals surface area contributed by atoms with Gasteiger partial charge >= 0.3 is 0 Å². The molecular formula is C11H20. The molecule has 1 atom stereocenters. The molecular weight excluding hydrogens is 132 g/mol. The van der Waals surface area contributed by atoms with Crippen molar-refractivity contribution in [2.45, 2.75) is 34.1 Å². The molecule has 0 heterocycles. The predicted molar refractivity (Wildman–Crippen MR) is 52.6 cm³/mol. The van der Waals surface area contributed by atoms with Crippen LogP contribution in [0.25, 0.3) is 0 Å². The van der Waals surface area contributed by atoms with E-state index in [0.29, 0.717) is 11.3 Å². The summed E-state index contributed by atoms with van der Waals surface area (Å²) in [5.41, 5.74) is 0.320. The van der Waals surface area contributed by atoms with Gasteiger partial charge in [0, 0.05) is 0 Å². The molecule has 0 aliphatic rings. The van der Waals surface area contributed by atoms with Crippen molar-refractivity contribution in [2.24, 2.45) is 11.3 Å². The fourth-order valence-electron chi connectivity index (χ4n) is 0.732. The molecule has 0 saturated heterocycles. The van der Waals surface area contributed by atoms with E-state index in [4.69, 9.17) is 0 Å². The SMILES string of the molecule is C=CC(C)C/C=C/C(C)(C)C. The van der Waals surface area contributed by atoms with Crippen molar-refractivity contribution in [1.29, 1.82) is 0 Å². The monoisotopic (exact) mass is 152 g/mol. The highest BCUT2D eigenvalue weighted by Gasteiger charge is 2.02. The first-order valence-electron chi connectivity index (χ1n) is 4.26. The fourth-order valence-corrected chi connectivity index (χ4v) is 0.732. The zero-order valence-electron chi connectivity index (χ0n) is 8.22. The minimum absolute atomic E-state index is 0.320. The molecule has 11 heavy (non-hydrogen) atoms. The standard InChI is InChI=1S/C11H20/c1-6-10(2)8-7-9-11(3,4)5/h6-7,9-10H,1,8H2,2-5H3/b9-7+. The lowest BCUT2D eigenvalue weighted by molar-refractivity contribution is 0.540. The van der Waals surface area contributed by atoms with Crippen LogP contribution in [-0.4, -0.2) is 0 Å². The van der Waals surface area contributed by atoms with Crippen LogP contribution >= 0.6 is 0 Å². The third-order valence-corrected chi connectivity index (χ3v) is 1.53. The Morgan fingerprint density at radius 3 is 2.27 bits per heavy atom. The lowest BCUT2D eigenvalue weighted by Gasteiger charge is -2.11. The Morgan fingerprint density at radius 1 is 1.36 bits per heavy atom. The predicted octanol–water partition coefficient (Wildman–Crippen LogP) is 3.80. The van der Waals surface area contributed by atoms with E-state index in [9.17, 15) is 0 Å². The molecule has 0 aliphatic carbocycles. The molecule has 1 unspecified atom stereocenters. The first kappa shape index (κ1) is 10.5. The summed E-state index contributed by atoms with van der Waals surface area (Å²) in [6.07, 6.45) is 7.60. The molecule has 0 heteroatoms. The van der Waals surface area contributed by atoms with Gasteiger partial charge in [-0.1, -0.05) is 45.9 Å². The molecule has 0 aliphatic heterocycles. The summed E-state index contributed by atoms with van der Waals surface area (Å²) in [5.74, 6) is 0.605. The summed E-state index contributed by atoms with van der Waals surface area (Å²) in [6, 6.07) is 0. The summed E-state index contributed by atoms with van der Waals surface area (Å²) in [4.78, 5) is 0. The van der Waals surface area contributed by atoms with E-state index in [-0.39, 0.29) is 0 Å². The van der Waals surface area contributed by atoms with Gasteiger partial charge in [-0.15, -0.1) is 6.58 Å². The molecule has 0 amide bonds. The van der Waals surface area contributed by atoms with E-state index in [2.05, 4.69) is 46.4 Å². The summed E-state index contributed by atoms with van der Waals surface area (Å²) < 4.78 is 0. The molecule has 0 nitrogen and oxygen atoms in total. The summed E-state index contributed by atoms with van der Waals surface area (Å²) in [7, 11) is 0. The maximum absolute atomic E-state index is 3.74. The number of hydrogen-bond donors (Lipinski definition) is 0. The molecule has 0 bridgehead atoms. The highest BCUT2D eigenvalue weighted by Crippen LogP contribution is 2.16. The highest BCUT2D eigenvalue weighted by molar-refractivity contribution is 4.94. The van der Waals surface area contributed by atoms with E-state index < -0.39 is 0 Å². The summed E-state index contributed by atoms with van der Waals surface area (Å²) in [6.45, 7) is 12.6. The van der Waals surface area contributed by atoms with Crippen LogP contribution in [0.5, 0.6) is 0 Å². The molecule has 0 rings (SSSR count). The van der Waals surface area contributed by atoms with Crippen molar-refractivity contribution in [2.75, 3.05) is 0 Å². The van der Waals surface area contributed by atoms with E-state index in [1.807, 2.05) is 6.08 Å². The molecule has 0 spiro atoms. The average Bonchev–Trinajstić information content (AvgIpc) is 1.85. The second-order valence-corrected chi connectivity index (χ2v) is 4.22. The molecule has 0 aromatic rings. The van der Waals surface area contributed by atoms with Crippen molar-refractivity contribution < 1.29 is 0 Å². The normalized spacial score (nSPS) is 15.3. The molecule has 0 N–H and O–H groups in total. The van der Waals surface area contributed by atoms with Crippen LogP contribution in [0.2, 0.25) is 0 Å². The Morgan fingerprint density at radius 2 is 1.91 bits per heavy atom. The molecule has 0 aromatic heterocycles. The van der Waals surface area contributed by atoms with Gasteiger partial charge in [0.1, 0.15) is 0 Å². The summed E-state index contributed by atoms with van der Waals surface area (Å²) in [5, 5.41) is 0. The van der Waals surface area contributed by atoms with Gasteiger partial charge in [0.2, 0.25) is 0 Å². The third kappa shape index (κ3) is 7.38. The second-order valence-electron chi connectivity index (χ2n) is 4.22. The van der Waals surface area contributed by atoms with Crippen LogP contribution in [0.15, 0.2) is 24.8 Å². The molecule has 0 saturated carbocycles. The molecule has 0 aromatic carbocycles. The van der Waals surface area contributed by atoms with Crippen LogP contribution in [-0.2, 0) is 0 Å². The maximum atomic E-state index is 3.74. The number of hydrogen-bond acceptors (Lipinski definition) is 0. The smallest absolute Gasteiger partial charge is 0.0203 e. The van der Waals surface area contributed by atoms with E-state index in [0.717, 1.165) is 6.42 Å². The van der Waals surface area contributed by atoms with Gasteiger partial charge in [-0.05, 0) is 17.8 Å². The van der Waals surface area contributed by atoms with Gasteiger partial charge in [-0.2, -0.15) is 0 Å². The van der Waals surface area contributed by atoms with Crippen molar-refractivity contribution >= 4 is 0 Å². The Labute approximate surface area is 71.0 Å². The van der Waals surface area contributed by atoms with E-state index >= 15 is 0 Å². The van der Waals surface area contributed by atoms with Crippen LogP contribution < -0.4 is 0 Å². The number of allylic oxidation sites excluding steroid dienone is 3. The van der Waals surface area contributed by atoms with Gasteiger partial charge < -0.3 is 0 Å². The van der Waals surface area contributed by atoms with Crippen LogP contribution in [0, 0.1) is 11.3 Å². The van der Waals surface area contributed by atoms with Crippen molar-refractivity contribution in [1.82, 2.24) is 0 Å². The number of rotatable bonds is 3. The zero-order valence-corrected chi connectivity index (χ0v) is 8.22. The van der Waals surface area contributed by atoms with Gasteiger partial charge in [-0.25, -0.2) is 0 Å². The lowest BCUT2D eigenvalue weighted by atomic mass is 9.95. The maximum Gasteiger partial charge on any atom is -0.0203 e. The molecule has 0 radical (unpaired) electrons. The van der Waals surface area contributed by atoms with Crippen LogP contribution in [0.1, 0.15) is 34.1 Å². The lowest BCUT2D eigenvalue weighted by Crippen LogP contribution is -1.98. The minimum atomic E-state index is 0.320. The quantitative estimate of drug-likeness (QED) is 0.539. The Bertz CT molecular complexity index is 135. The molecule has 64 valence electrons. The van der Waals surface area contributed by atoms with Gasteiger partial charge in [0.25, 0.3) is 0 Å². The van der Waals surface area contributed by atoms with Gasteiger partial charge in [-0.3, -0.25) is 0 Å². The Kier molecular flexibility index (Phi) is 4.17. The topological polar surface area (TPSA) is 0 Å². The van der Waals surface area contributed by atoms with Crippen molar-refractivity contribution in [3.63, 3.8) is 0 Å². The van der Waals surface area contributed by atoms with Gasteiger partial charge in [0.15, 0.2) is 0 Å². The highest BCUT2D eigenvalue weighted by atomic mass is 14.1. The van der Waals surface area contributed by atoms with E-state index in [1.54, 1.807) is 0 Å². The van der Waals surface area contributed by atoms with Crippen LogP contribution in [0.4, 0.5) is 0 Å². The second kappa shape index (κ2) is 4.38. The average molecular weight is 152 g/mol. The summed E-state index contributed by atoms with van der Waals surface area (Å²) >= 11 is 0. The molecule has 0 fully saturated rings. The van der Waals surface area contributed by atoms with Gasteiger partial charge in [0.05, 0.1) is 0 Å². The first-order valence-corrected chi connectivity index (χ1v) is 4.26. The third-order valence-electron chi connectivity index (χ3n) is 1.53. The fraction of sp³-hybridized carbons (Fsp3) is 0.636.